The first-order valence-corrected chi connectivity index (χ1v) is 7.51. The number of aromatic nitrogens is 4. The molecule has 7 heteroatoms. The van der Waals surface area contributed by atoms with Crippen molar-refractivity contribution < 1.29 is 9.53 Å². The summed E-state index contributed by atoms with van der Waals surface area (Å²) in [5.74, 6) is 1.38. The van der Waals surface area contributed by atoms with Crippen LogP contribution < -0.4 is 0 Å². The molecule has 1 saturated heterocycles. The van der Waals surface area contributed by atoms with Gasteiger partial charge in [-0.2, -0.15) is 5.10 Å². The molecule has 1 amide bonds. The summed E-state index contributed by atoms with van der Waals surface area (Å²) in [6, 6.07) is 5.32. The minimum atomic E-state index is -0.289. The van der Waals surface area contributed by atoms with E-state index in [1.807, 2.05) is 6.07 Å². The molecule has 1 unspecified atom stereocenters. The predicted molar refractivity (Wildman–Crippen MR) is 79.2 cm³/mol. The lowest BCUT2D eigenvalue weighted by molar-refractivity contribution is -0.0268. The van der Waals surface area contributed by atoms with Gasteiger partial charge >= 0.3 is 0 Å². The smallest absolute Gasteiger partial charge is 0.272 e. The molecular formula is C15H19N5O2. The van der Waals surface area contributed by atoms with Crippen molar-refractivity contribution in [1.29, 1.82) is 0 Å². The van der Waals surface area contributed by atoms with Crippen LogP contribution in [0.1, 0.15) is 41.6 Å². The van der Waals surface area contributed by atoms with E-state index in [1.165, 1.54) is 0 Å². The Morgan fingerprint density at radius 3 is 3.18 bits per heavy atom. The van der Waals surface area contributed by atoms with Crippen molar-refractivity contribution in [1.82, 2.24) is 25.1 Å². The van der Waals surface area contributed by atoms with Gasteiger partial charge in [0.2, 0.25) is 0 Å². The summed E-state index contributed by atoms with van der Waals surface area (Å²) in [6.07, 6.45) is 3.20. The Balaban J connectivity index is 1.69. The Morgan fingerprint density at radius 1 is 1.50 bits per heavy atom. The van der Waals surface area contributed by atoms with Gasteiger partial charge in [-0.05, 0) is 18.6 Å². The second-order valence-electron chi connectivity index (χ2n) is 5.22. The van der Waals surface area contributed by atoms with Crippen molar-refractivity contribution in [2.75, 3.05) is 19.7 Å². The molecule has 1 fully saturated rings. The zero-order valence-corrected chi connectivity index (χ0v) is 12.5. The molecule has 116 valence electrons. The first kappa shape index (κ1) is 14.6. The van der Waals surface area contributed by atoms with E-state index in [0.29, 0.717) is 31.2 Å². The van der Waals surface area contributed by atoms with Gasteiger partial charge in [0.1, 0.15) is 17.6 Å². The second kappa shape index (κ2) is 6.65. The number of H-pyrrole nitrogens is 1. The number of hydrogen-bond acceptors (Lipinski definition) is 5. The number of hydrogen-bond donors (Lipinski definition) is 1. The molecule has 3 heterocycles. The number of ether oxygens (including phenoxy) is 1. The highest BCUT2D eigenvalue weighted by atomic mass is 16.5. The first-order chi connectivity index (χ1) is 10.8. The van der Waals surface area contributed by atoms with Gasteiger partial charge in [-0.15, -0.1) is 0 Å². The summed E-state index contributed by atoms with van der Waals surface area (Å²) in [5.41, 5.74) is 0.449. The average Bonchev–Trinajstić information content (AvgIpc) is 3.04. The third-order valence-corrected chi connectivity index (χ3v) is 3.56. The van der Waals surface area contributed by atoms with Crippen LogP contribution in [-0.4, -0.2) is 50.7 Å². The van der Waals surface area contributed by atoms with Crippen LogP contribution in [0.5, 0.6) is 0 Å². The third-order valence-electron chi connectivity index (χ3n) is 3.56. The normalized spacial score (nSPS) is 18.4. The molecule has 0 bridgehead atoms. The van der Waals surface area contributed by atoms with E-state index in [9.17, 15) is 4.79 Å². The summed E-state index contributed by atoms with van der Waals surface area (Å²) in [6.45, 7) is 3.56. The number of rotatable bonds is 4. The van der Waals surface area contributed by atoms with Gasteiger partial charge in [0.25, 0.3) is 5.91 Å². The lowest BCUT2D eigenvalue weighted by Gasteiger charge is -2.31. The van der Waals surface area contributed by atoms with Crippen LogP contribution in [0.25, 0.3) is 0 Å². The van der Waals surface area contributed by atoms with Crippen molar-refractivity contribution in [3.63, 3.8) is 0 Å². The topological polar surface area (TPSA) is 84.0 Å². The molecule has 0 aliphatic carbocycles. The molecule has 1 aliphatic rings. The molecular weight excluding hydrogens is 282 g/mol. The number of morpholine rings is 1. The number of carbonyl (C=O) groups excluding carboxylic acids is 1. The van der Waals surface area contributed by atoms with Gasteiger partial charge in [0.15, 0.2) is 5.82 Å². The molecule has 1 N–H and O–H groups in total. The minimum Gasteiger partial charge on any atom is -0.366 e. The Kier molecular flexibility index (Phi) is 4.43. The fourth-order valence-electron chi connectivity index (χ4n) is 2.44. The highest BCUT2D eigenvalue weighted by molar-refractivity contribution is 5.92. The highest BCUT2D eigenvalue weighted by Crippen LogP contribution is 2.20. The van der Waals surface area contributed by atoms with Crippen LogP contribution >= 0.6 is 0 Å². The summed E-state index contributed by atoms with van der Waals surface area (Å²) in [7, 11) is 0. The second-order valence-corrected chi connectivity index (χ2v) is 5.22. The van der Waals surface area contributed by atoms with Gasteiger partial charge in [0, 0.05) is 19.2 Å². The van der Waals surface area contributed by atoms with Crippen molar-refractivity contribution in [2.45, 2.75) is 25.9 Å². The van der Waals surface area contributed by atoms with E-state index in [-0.39, 0.29) is 12.0 Å². The lowest BCUT2D eigenvalue weighted by atomic mass is 10.2. The first-order valence-electron chi connectivity index (χ1n) is 7.51. The molecule has 1 aliphatic heterocycles. The summed E-state index contributed by atoms with van der Waals surface area (Å²) < 4.78 is 5.71. The van der Waals surface area contributed by atoms with Gasteiger partial charge in [-0.3, -0.25) is 14.9 Å². The Hall–Kier alpha value is -2.28. The van der Waals surface area contributed by atoms with Crippen LogP contribution in [-0.2, 0) is 11.2 Å². The SMILES string of the molecule is CCCc1nc(C2CN(C(=O)c3ccccn3)CCO2)n[nH]1. The molecule has 2 aromatic heterocycles. The number of aromatic amines is 1. The van der Waals surface area contributed by atoms with E-state index in [2.05, 4.69) is 27.1 Å². The number of pyridine rings is 1. The van der Waals surface area contributed by atoms with Crippen LogP contribution in [0, 0.1) is 0 Å². The van der Waals surface area contributed by atoms with Crippen molar-refractivity contribution in [3.8, 4) is 0 Å². The monoisotopic (exact) mass is 301 g/mol. The van der Waals surface area contributed by atoms with Gasteiger partial charge in [-0.25, -0.2) is 4.98 Å². The molecule has 22 heavy (non-hydrogen) atoms. The zero-order chi connectivity index (χ0) is 15.4. The fraction of sp³-hybridized carbons (Fsp3) is 0.467. The van der Waals surface area contributed by atoms with E-state index in [4.69, 9.17) is 4.74 Å². The van der Waals surface area contributed by atoms with Gasteiger partial charge in [-0.1, -0.05) is 13.0 Å². The minimum absolute atomic E-state index is 0.0850. The van der Waals surface area contributed by atoms with Crippen LogP contribution in [0.4, 0.5) is 0 Å². The molecule has 1 atom stereocenters. The van der Waals surface area contributed by atoms with Crippen LogP contribution in [0.2, 0.25) is 0 Å². The number of aryl methyl sites for hydroxylation is 1. The maximum atomic E-state index is 12.4. The summed E-state index contributed by atoms with van der Waals surface area (Å²) in [5, 5.41) is 7.13. The summed E-state index contributed by atoms with van der Waals surface area (Å²) in [4.78, 5) is 22.7. The van der Waals surface area contributed by atoms with E-state index in [0.717, 1.165) is 18.7 Å². The molecule has 0 aromatic carbocycles. The van der Waals surface area contributed by atoms with Crippen LogP contribution in [0.15, 0.2) is 24.4 Å². The summed E-state index contributed by atoms with van der Waals surface area (Å²) >= 11 is 0. The van der Waals surface area contributed by atoms with Crippen molar-refractivity contribution in [2.24, 2.45) is 0 Å². The van der Waals surface area contributed by atoms with E-state index in [1.54, 1.807) is 23.2 Å². The Bertz CT molecular complexity index is 628. The predicted octanol–water partition coefficient (Wildman–Crippen LogP) is 1.37. The number of nitrogens with one attached hydrogen (secondary N) is 1. The van der Waals surface area contributed by atoms with Crippen molar-refractivity contribution in [3.05, 3.63) is 41.7 Å². The lowest BCUT2D eigenvalue weighted by Crippen LogP contribution is -2.42. The largest absolute Gasteiger partial charge is 0.366 e. The molecule has 0 saturated carbocycles. The van der Waals surface area contributed by atoms with Gasteiger partial charge < -0.3 is 9.64 Å². The highest BCUT2D eigenvalue weighted by Gasteiger charge is 2.29. The number of nitrogens with zero attached hydrogens (tertiary/aromatic N) is 4. The van der Waals surface area contributed by atoms with Crippen molar-refractivity contribution >= 4 is 5.91 Å². The molecule has 0 spiro atoms. The Morgan fingerprint density at radius 2 is 2.41 bits per heavy atom. The van der Waals surface area contributed by atoms with Crippen LogP contribution in [0.3, 0.4) is 0 Å². The Labute approximate surface area is 128 Å². The molecule has 2 aromatic rings. The maximum absolute atomic E-state index is 12.4. The average molecular weight is 301 g/mol. The quantitative estimate of drug-likeness (QED) is 0.922. The number of carbonyl (C=O) groups is 1. The standard InChI is InChI=1S/C15H19N5O2/c1-2-5-13-17-14(19-18-13)12-10-20(8-9-22-12)15(21)11-6-3-4-7-16-11/h3-4,6-7,12H,2,5,8-10H2,1H3,(H,17,18,19). The fourth-order valence-corrected chi connectivity index (χ4v) is 2.44. The van der Waals surface area contributed by atoms with Gasteiger partial charge in [0.05, 0.1) is 13.2 Å². The molecule has 3 rings (SSSR count). The van der Waals surface area contributed by atoms with E-state index < -0.39 is 0 Å². The number of amides is 1. The van der Waals surface area contributed by atoms with E-state index >= 15 is 0 Å². The maximum Gasteiger partial charge on any atom is 0.272 e. The zero-order valence-electron chi connectivity index (χ0n) is 12.5. The third kappa shape index (κ3) is 3.14. The molecule has 7 nitrogen and oxygen atoms in total. The molecule has 0 radical (unpaired) electrons.